The Balaban J connectivity index is 2.24. The highest BCUT2D eigenvalue weighted by molar-refractivity contribution is 7.10. The highest BCUT2D eigenvalue weighted by Gasteiger charge is 2.05. The molecule has 0 spiro atoms. The number of nitriles is 1. The van der Waals surface area contributed by atoms with E-state index in [0.717, 1.165) is 5.69 Å². The van der Waals surface area contributed by atoms with Crippen LogP contribution < -0.4 is 5.32 Å². The van der Waals surface area contributed by atoms with Crippen molar-refractivity contribution < 1.29 is 0 Å². The van der Waals surface area contributed by atoms with E-state index in [1.165, 1.54) is 11.5 Å². The van der Waals surface area contributed by atoms with Crippen LogP contribution in [0.1, 0.15) is 5.69 Å². The van der Waals surface area contributed by atoms with E-state index in [9.17, 15) is 0 Å². The molecule has 0 fully saturated rings. The lowest BCUT2D eigenvalue weighted by Crippen LogP contribution is -1.89. The second-order valence-electron chi connectivity index (χ2n) is 2.55. The predicted octanol–water partition coefficient (Wildman–Crippen LogP) is 2.15. The first-order valence-electron chi connectivity index (χ1n) is 3.94. The zero-order chi connectivity index (χ0) is 9.80. The van der Waals surface area contributed by atoms with Gasteiger partial charge in [-0.2, -0.15) is 5.26 Å². The van der Waals surface area contributed by atoms with Crippen molar-refractivity contribution in [1.29, 1.82) is 5.26 Å². The third-order valence-corrected chi connectivity index (χ3v) is 2.27. The fourth-order valence-corrected chi connectivity index (χ4v) is 1.54. The largest absolute Gasteiger partial charge is 0.343 e. The minimum atomic E-state index is 0.332. The Kier molecular flexibility index (Phi) is 2.38. The predicted molar refractivity (Wildman–Crippen MR) is 54.3 cm³/mol. The van der Waals surface area contributed by atoms with Crippen molar-refractivity contribution in [3.63, 3.8) is 0 Å². The van der Waals surface area contributed by atoms with E-state index in [1.807, 2.05) is 36.4 Å². The van der Waals surface area contributed by atoms with Crippen LogP contribution in [0.2, 0.25) is 0 Å². The first-order chi connectivity index (χ1) is 6.90. The molecule has 0 radical (unpaired) electrons. The Morgan fingerprint density at radius 2 is 2.07 bits per heavy atom. The first kappa shape index (κ1) is 8.66. The van der Waals surface area contributed by atoms with Crippen molar-refractivity contribution >= 4 is 22.2 Å². The lowest BCUT2D eigenvalue weighted by atomic mass is 10.3. The molecule has 2 rings (SSSR count). The van der Waals surface area contributed by atoms with Crippen LogP contribution in [0, 0.1) is 11.3 Å². The highest BCUT2D eigenvalue weighted by Crippen LogP contribution is 2.21. The molecule has 2 aromatic rings. The van der Waals surface area contributed by atoms with Gasteiger partial charge in [0.15, 0.2) is 10.7 Å². The van der Waals surface area contributed by atoms with Gasteiger partial charge in [-0.05, 0) is 12.1 Å². The van der Waals surface area contributed by atoms with Crippen LogP contribution >= 0.6 is 11.5 Å². The summed E-state index contributed by atoms with van der Waals surface area (Å²) in [6.07, 6.45) is 0. The number of para-hydroxylation sites is 1. The van der Waals surface area contributed by atoms with Crippen LogP contribution in [-0.2, 0) is 0 Å². The Hall–Kier alpha value is -1.93. The number of aromatic nitrogens is 2. The van der Waals surface area contributed by atoms with Gasteiger partial charge in [0.2, 0.25) is 0 Å². The molecule has 1 N–H and O–H groups in total. The summed E-state index contributed by atoms with van der Waals surface area (Å²) in [5, 5.41) is 16.1. The van der Waals surface area contributed by atoms with Gasteiger partial charge in [0.05, 0.1) is 0 Å². The van der Waals surface area contributed by atoms with E-state index in [4.69, 9.17) is 5.26 Å². The van der Waals surface area contributed by atoms with Crippen LogP contribution in [0.4, 0.5) is 10.7 Å². The molecule has 0 unspecified atom stereocenters. The zero-order valence-corrected chi connectivity index (χ0v) is 7.95. The molecule has 0 aliphatic heterocycles. The Bertz CT molecular complexity index is 457. The van der Waals surface area contributed by atoms with Crippen LogP contribution in [-0.4, -0.2) is 9.59 Å². The van der Waals surface area contributed by atoms with Crippen molar-refractivity contribution in [3.8, 4) is 6.07 Å². The molecular formula is C9H6N4S. The zero-order valence-electron chi connectivity index (χ0n) is 7.14. The number of rotatable bonds is 2. The average molecular weight is 202 g/mol. The average Bonchev–Trinajstić information content (AvgIpc) is 2.67. The van der Waals surface area contributed by atoms with Gasteiger partial charge in [0, 0.05) is 17.2 Å². The van der Waals surface area contributed by atoms with E-state index >= 15 is 0 Å². The summed E-state index contributed by atoms with van der Waals surface area (Å²) < 4.78 is 3.70. The normalized spacial score (nSPS) is 9.36. The number of nitrogens with one attached hydrogen (secondary N) is 1. The van der Waals surface area contributed by atoms with Gasteiger partial charge >= 0.3 is 0 Å². The smallest absolute Gasteiger partial charge is 0.199 e. The number of anilines is 2. The molecule has 0 bridgehead atoms. The molecule has 68 valence electrons. The molecule has 4 nitrogen and oxygen atoms in total. The molecule has 0 saturated heterocycles. The fourth-order valence-electron chi connectivity index (χ4n) is 0.998. The van der Waals surface area contributed by atoms with Gasteiger partial charge in [-0.15, -0.1) is 5.10 Å². The quantitative estimate of drug-likeness (QED) is 0.810. The molecule has 0 aliphatic rings. The van der Waals surface area contributed by atoms with Crippen molar-refractivity contribution in [2.45, 2.75) is 0 Å². The van der Waals surface area contributed by atoms with Crippen molar-refractivity contribution in [3.05, 3.63) is 36.0 Å². The van der Waals surface area contributed by atoms with Gasteiger partial charge < -0.3 is 5.32 Å². The van der Waals surface area contributed by atoms with Crippen molar-refractivity contribution in [1.82, 2.24) is 9.59 Å². The molecule has 0 atom stereocenters. The summed E-state index contributed by atoms with van der Waals surface area (Å²) in [7, 11) is 0. The van der Waals surface area contributed by atoms with Crippen LogP contribution in [0.5, 0.6) is 0 Å². The summed E-state index contributed by atoms with van der Waals surface area (Å²) in [5.74, 6) is 0. The minimum absolute atomic E-state index is 0.332. The lowest BCUT2D eigenvalue weighted by Gasteiger charge is -2.00. The van der Waals surface area contributed by atoms with Crippen molar-refractivity contribution in [2.75, 3.05) is 5.32 Å². The maximum absolute atomic E-state index is 8.70. The first-order valence-corrected chi connectivity index (χ1v) is 4.72. The SMILES string of the molecule is N#Cc1nnsc1Nc1ccccc1. The number of nitrogens with zero attached hydrogens (tertiary/aromatic N) is 3. The summed E-state index contributed by atoms with van der Waals surface area (Å²) in [4.78, 5) is 0. The third kappa shape index (κ3) is 1.70. The molecule has 14 heavy (non-hydrogen) atoms. The molecule has 5 heteroatoms. The number of benzene rings is 1. The third-order valence-electron chi connectivity index (χ3n) is 1.63. The summed E-state index contributed by atoms with van der Waals surface area (Å²) in [5.41, 5.74) is 1.26. The van der Waals surface area contributed by atoms with Crippen molar-refractivity contribution in [2.24, 2.45) is 0 Å². The Morgan fingerprint density at radius 1 is 1.29 bits per heavy atom. The summed E-state index contributed by atoms with van der Waals surface area (Å²) in [6.45, 7) is 0. The van der Waals surface area contributed by atoms with E-state index < -0.39 is 0 Å². The minimum Gasteiger partial charge on any atom is -0.343 e. The van der Waals surface area contributed by atoms with E-state index in [1.54, 1.807) is 0 Å². The van der Waals surface area contributed by atoms with Crippen LogP contribution in [0.3, 0.4) is 0 Å². The lowest BCUT2D eigenvalue weighted by molar-refractivity contribution is 1.13. The van der Waals surface area contributed by atoms with Crippen LogP contribution in [0.25, 0.3) is 0 Å². The van der Waals surface area contributed by atoms with Gasteiger partial charge in [-0.3, -0.25) is 0 Å². The molecule has 1 heterocycles. The standard InChI is InChI=1S/C9H6N4S/c10-6-8-9(14-13-12-8)11-7-4-2-1-3-5-7/h1-5,11H. The fraction of sp³-hybridized carbons (Fsp3) is 0. The summed E-state index contributed by atoms with van der Waals surface area (Å²) in [6, 6.07) is 11.6. The second-order valence-corrected chi connectivity index (χ2v) is 3.31. The highest BCUT2D eigenvalue weighted by atomic mass is 32.1. The molecular weight excluding hydrogens is 196 g/mol. The van der Waals surface area contributed by atoms with E-state index in [2.05, 4.69) is 14.9 Å². The second kappa shape index (κ2) is 3.85. The summed E-state index contributed by atoms with van der Waals surface area (Å²) >= 11 is 1.17. The van der Waals surface area contributed by atoms with Gasteiger partial charge in [-0.25, -0.2) is 0 Å². The molecule has 1 aromatic carbocycles. The van der Waals surface area contributed by atoms with Gasteiger partial charge in [-0.1, -0.05) is 22.7 Å². The molecule has 0 aliphatic carbocycles. The monoisotopic (exact) mass is 202 g/mol. The Morgan fingerprint density at radius 3 is 2.79 bits per heavy atom. The van der Waals surface area contributed by atoms with E-state index in [-0.39, 0.29) is 0 Å². The van der Waals surface area contributed by atoms with E-state index in [0.29, 0.717) is 10.7 Å². The molecule has 1 aromatic heterocycles. The van der Waals surface area contributed by atoms with Gasteiger partial charge in [0.1, 0.15) is 6.07 Å². The maximum Gasteiger partial charge on any atom is 0.199 e. The maximum atomic E-state index is 8.70. The number of hydrogen-bond acceptors (Lipinski definition) is 5. The molecule has 0 saturated carbocycles. The van der Waals surface area contributed by atoms with Gasteiger partial charge in [0.25, 0.3) is 0 Å². The molecule has 0 amide bonds. The Labute approximate surface area is 85.0 Å². The topological polar surface area (TPSA) is 61.6 Å². The van der Waals surface area contributed by atoms with Crippen LogP contribution in [0.15, 0.2) is 30.3 Å². The number of hydrogen-bond donors (Lipinski definition) is 1.